The van der Waals surface area contributed by atoms with Crippen LogP contribution in [-0.2, 0) is 6.54 Å². The van der Waals surface area contributed by atoms with E-state index in [4.69, 9.17) is 11.6 Å². The summed E-state index contributed by atoms with van der Waals surface area (Å²) in [6, 6.07) is 14.9. The molecule has 4 rings (SSSR count). The van der Waals surface area contributed by atoms with Crippen molar-refractivity contribution in [2.45, 2.75) is 6.54 Å². The Bertz CT molecular complexity index is 1060. The van der Waals surface area contributed by atoms with Crippen LogP contribution in [0.15, 0.2) is 60.2 Å². The maximum Gasteiger partial charge on any atom is 0.253 e. The molecule has 1 N–H and O–H groups in total. The molecule has 0 aliphatic heterocycles. The van der Waals surface area contributed by atoms with Crippen LogP contribution in [0.25, 0.3) is 16.3 Å². The van der Waals surface area contributed by atoms with Crippen molar-refractivity contribution in [2.24, 2.45) is 0 Å². The molecule has 27 heavy (non-hydrogen) atoms. The van der Waals surface area contributed by atoms with Gasteiger partial charge in [-0.2, -0.15) is 4.68 Å². The van der Waals surface area contributed by atoms with Crippen LogP contribution in [0, 0.1) is 0 Å². The fourth-order valence-corrected chi connectivity index (χ4v) is 3.53. The number of hydrogen-bond acceptors (Lipinski definition) is 6. The number of thiazole rings is 1. The Hall–Kier alpha value is -3.10. The molecule has 0 aliphatic rings. The summed E-state index contributed by atoms with van der Waals surface area (Å²) in [5.41, 5.74) is 2.77. The second-order valence-corrected chi connectivity index (χ2v) is 6.90. The molecular weight excluding hydrogens is 384 g/mol. The summed E-state index contributed by atoms with van der Waals surface area (Å²) in [5.74, 6) is -0.280. The molecule has 1 amide bonds. The molecule has 0 unspecified atom stereocenters. The van der Waals surface area contributed by atoms with Gasteiger partial charge in [0, 0.05) is 16.0 Å². The first-order valence-electron chi connectivity index (χ1n) is 8.01. The summed E-state index contributed by atoms with van der Waals surface area (Å²) >= 11 is 7.60. The van der Waals surface area contributed by atoms with Crippen LogP contribution in [0.5, 0.6) is 0 Å². The molecule has 2 heterocycles. The van der Waals surface area contributed by atoms with Crippen LogP contribution in [0.3, 0.4) is 0 Å². The van der Waals surface area contributed by atoms with Crippen molar-refractivity contribution >= 4 is 28.8 Å². The number of nitrogens with zero attached hydrogens (tertiary/aromatic N) is 5. The minimum Gasteiger partial charge on any atom is -0.346 e. The third kappa shape index (κ3) is 3.86. The lowest BCUT2D eigenvalue weighted by Crippen LogP contribution is -2.24. The molecule has 2 aromatic heterocycles. The Morgan fingerprint density at radius 3 is 2.81 bits per heavy atom. The van der Waals surface area contributed by atoms with Crippen molar-refractivity contribution in [2.75, 3.05) is 0 Å². The number of halogens is 1. The molecule has 2 aromatic carbocycles. The number of hydrogen-bond donors (Lipinski definition) is 1. The molecule has 134 valence electrons. The van der Waals surface area contributed by atoms with E-state index in [1.807, 2.05) is 35.7 Å². The standard InChI is InChI=1S/C18H13ClN6OS/c19-13-6-7-16(25-11-21-23-24-25)15(8-13)17(26)20-9-14-10-27-18(22-14)12-4-2-1-3-5-12/h1-8,10-11H,9H2,(H,20,26). The van der Waals surface area contributed by atoms with Crippen molar-refractivity contribution in [1.82, 2.24) is 30.5 Å². The largest absolute Gasteiger partial charge is 0.346 e. The van der Waals surface area contributed by atoms with E-state index in [0.717, 1.165) is 16.3 Å². The summed E-state index contributed by atoms with van der Waals surface area (Å²) in [6.45, 7) is 0.309. The molecule has 0 aliphatic carbocycles. The minimum absolute atomic E-state index is 0.280. The van der Waals surface area contributed by atoms with Crippen LogP contribution in [-0.4, -0.2) is 31.1 Å². The van der Waals surface area contributed by atoms with Gasteiger partial charge in [0.1, 0.15) is 11.3 Å². The Balaban J connectivity index is 1.51. The summed E-state index contributed by atoms with van der Waals surface area (Å²) in [6.07, 6.45) is 1.42. The number of carbonyl (C=O) groups is 1. The van der Waals surface area contributed by atoms with E-state index in [9.17, 15) is 4.79 Å². The van der Waals surface area contributed by atoms with Crippen LogP contribution < -0.4 is 5.32 Å². The van der Waals surface area contributed by atoms with Crippen LogP contribution >= 0.6 is 22.9 Å². The van der Waals surface area contributed by atoms with Gasteiger partial charge in [0.25, 0.3) is 5.91 Å². The third-order valence-corrected chi connectivity index (χ3v) is 4.98. The Labute approximate surface area is 163 Å². The second-order valence-electron chi connectivity index (χ2n) is 5.61. The first-order chi connectivity index (χ1) is 13.2. The van der Waals surface area contributed by atoms with Gasteiger partial charge >= 0.3 is 0 Å². The predicted octanol–water partition coefficient (Wildman–Crippen LogP) is 3.37. The lowest BCUT2D eigenvalue weighted by Gasteiger charge is -2.09. The van der Waals surface area contributed by atoms with E-state index >= 15 is 0 Å². The van der Waals surface area contributed by atoms with Crippen LogP contribution in [0.4, 0.5) is 0 Å². The quantitative estimate of drug-likeness (QED) is 0.559. The summed E-state index contributed by atoms with van der Waals surface area (Å²) in [4.78, 5) is 17.3. The van der Waals surface area contributed by atoms with Crippen molar-refractivity contribution in [1.29, 1.82) is 0 Å². The van der Waals surface area contributed by atoms with Gasteiger partial charge in [-0.3, -0.25) is 4.79 Å². The number of amides is 1. The van der Waals surface area contributed by atoms with Crippen molar-refractivity contribution in [3.8, 4) is 16.3 Å². The number of carbonyl (C=O) groups excluding carboxylic acids is 1. The van der Waals surface area contributed by atoms with Gasteiger partial charge in [0.05, 0.1) is 23.5 Å². The maximum atomic E-state index is 12.7. The fraction of sp³-hybridized carbons (Fsp3) is 0.0556. The lowest BCUT2D eigenvalue weighted by atomic mass is 10.1. The number of benzene rings is 2. The first kappa shape index (κ1) is 17.3. The van der Waals surface area contributed by atoms with Gasteiger partial charge in [-0.05, 0) is 28.6 Å². The predicted molar refractivity (Wildman–Crippen MR) is 103 cm³/mol. The van der Waals surface area contributed by atoms with Crippen LogP contribution in [0.1, 0.15) is 16.1 Å². The van der Waals surface area contributed by atoms with E-state index in [0.29, 0.717) is 22.8 Å². The normalized spacial score (nSPS) is 10.7. The smallest absolute Gasteiger partial charge is 0.253 e. The van der Waals surface area contributed by atoms with Crippen molar-refractivity contribution < 1.29 is 4.79 Å². The second kappa shape index (κ2) is 7.65. The Morgan fingerprint density at radius 2 is 2.04 bits per heavy atom. The van der Waals surface area contributed by atoms with Gasteiger partial charge < -0.3 is 5.32 Å². The zero-order valence-electron chi connectivity index (χ0n) is 13.9. The average molecular weight is 397 g/mol. The molecule has 7 nitrogen and oxygen atoms in total. The van der Waals surface area contributed by atoms with E-state index < -0.39 is 0 Å². The highest BCUT2D eigenvalue weighted by atomic mass is 35.5. The van der Waals surface area contributed by atoms with Gasteiger partial charge in [0.15, 0.2) is 0 Å². The molecule has 0 bridgehead atoms. The Morgan fingerprint density at radius 1 is 1.19 bits per heavy atom. The monoisotopic (exact) mass is 396 g/mol. The van der Waals surface area contributed by atoms with Gasteiger partial charge in [-0.25, -0.2) is 4.98 Å². The molecule has 0 saturated carbocycles. The SMILES string of the molecule is O=C(NCc1csc(-c2ccccc2)n1)c1cc(Cl)ccc1-n1cnnn1. The number of aromatic nitrogens is 5. The third-order valence-electron chi connectivity index (χ3n) is 3.80. The molecule has 0 atom stereocenters. The summed E-state index contributed by atoms with van der Waals surface area (Å²) < 4.78 is 1.42. The fourth-order valence-electron chi connectivity index (χ4n) is 2.53. The zero-order chi connectivity index (χ0) is 18.6. The lowest BCUT2D eigenvalue weighted by molar-refractivity contribution is 0.0950. The average Bonchev–Trinajstić information content (AvgIpc) is 3.39. The summed E-state index contributed by atoms with van der Waals surface area (Å²) in [7, 11) is 0. The van der Waals surface area contributed by atoms with Crippen LogP contribution in [0.2, 0.25) is 5.02 Å². The van der Waals surface area contributed by atoms with E-state index in [1.54, 1.807) is 18.2 Å². The van der Waals surface area contributed by atoms with Crippen molar-refractivity contribution in [3.63, 3.8) is 0 Å². The van der Waals surface area contributed by atoms with E-state index in [-0.39, 0.29) is 5.91 Å². The van der Waals surface area contributed by atoms with E-state index in [1.165, 1.54) is 22.3 Å². The zero-order valence-corrected chi connectivity index (χ0v) is 15.5. The molecular formula is C18H13ClN6OS. The highest BCUT2D eigenvalue weighted by Gasteiger charge is 2.15. The number of nitrogens with one attached hydrogen (secondary N) is 1. The highest BCUT2D eigenvalue weighted by Crippen LogP contribution is 2.23. The molecule has 0 saturated heterocycles. The highest BCUT2D eigenvalue weighted by molar-refractivity contribution is 7.13. The number of tetrazole rings is 1. The topological polar surface area (TPSA) is 85.6 Å². The molecule has 0 fully saturated rings. The molecule has 0 radical (unpaired) electrons. The van der Waals surface area contributed by atoms with Gasteiger partial charge in [-0.15, -0.1) is 16.4 Å². The molecule has 4 aromatic rings. The molecule has 0 spiro atoms. The van der Waals surface area contributed by atoms with E-state index in [2.05, 4.69) is 25.8 Å². The summed E-state index contributed by atoms with van der Waals surface area (Å²) in [5, 5.41) is 17.2. The first-order valence-corrected chi connectivity index (χ1v) is 9.27. The van der Waals surface area contributed by atoms with Gasteiger partial charge in [0.2, 0.25) is 0 Å². The Kier molecular flexibility index (Phi) is 4.91. The minimum atomic E-state index is -0.280. The van der Waals surface area contributed by atoms with Crippen molar-refractivity contribution in [3.05, 3.63) is 76.5 Å². The number of rotatable bonds is 5. The van der Waals surface area contributed by atoms with Gasteiger partial charge in [-0.1, -0.05) is 41.9 Å². The molecule has 9 heteroatoms. The maximum absolute atomic E-state index is 12.7.